The lowest BCUT2D eigenvalue weighted by atomic mass is 9.76. The first-order valence-electron chi connectivity index (χ1n) is 13.2. The molecule has 0 N–H and O–H groups in total. The zero-order valence-corrected chi connectivity index (χ0v) is 27.2. The molecule has 204 valence electrons. The summed E-state index contributed by atoms with van der Waals surface area (Å²) in [6, 6.07) is 1.14. The average molecular weight is 525 g/mol. The van der Waals surface area contributed by atoms with Gasteiger partial charge in [0.05, 0.1) is 16.9 Å². The Morgan fingerprint density at radius 2 is 1.51 bits per heavy atom. The first-order chi connectivity index (χ1) is 15.6. The molecule has 0 unspecified atom stereocenters. The number of hydrogen-bond acceptors (Lipinski definition) is 5. The second-order valence-corrected chi connectivity index (χ2v) is 25.3. The molecule has 0 aliphatic carbocycles. The van der Waals surface area contributed by atoms with Gasteiger partial charge in [-0.25, -0.2) is 4.68 Å². The number of rotatable bonds is 11. The van der Waals surface area contributed by atoms with Gasteiger partial charge in [-0.2, -0.15) is 24.7 Å². The topological polar surface area (TPSA) is 54.7 Å². The van der Waals surface area contributed by atoms with E-state index >= 15 is 0 Å². The van der Waals surface area contributed by atoms with Gasteiger partial charge in [0, 0.05) is 24.9 Å². The highest BCUT2D eigenvalue weighted by Crippen LogP contribution is 2.39. The fraction of sp³-hybridized carbons (Fsp3) is 0.885. The summed E-state index contributed by atoms with van der Waals surface area (Å²) in [7, 11) is -3.40. The normalized spacial score (nSPS) is 19.0. The largest absolute Gasteiger partial charge is 0.564 e. The summed E-state index contributed by atoms with van der Waals surface area (Å²) in [5.74, 6) is 0. The van der Waals surface area contributed by atoms with Crippen LogP contribution in [0.4, 0.5) is 0 Å². The van der Waals surface area contributed by atoms with E-state index in [1.807, 2.05) is 4.68 Å². The Hall–Kier alpha value is -0.451. The molecule has 0 atom stereocenters. The SMILES string of the molecule is CC(C)(CO[Si-](C)(C)C(C)(C)C)Cc1nn(COCC[Si-](C)(C)C)cc1B1OC(C)(C)C(C)(C)O1. The summed E-state index contributed by atoms with van der Waals surface area (Å²) in [5, 5.41) is 5.15. The molecule has 6 nitrogen and oxygen atoms in total. The zero-order valence-electron chi connectivity index (χ0n) is 25.2. The molecule has 0 saturated carbocycles. The van der Waals surface area contributed by atoms with E-state index in [1.165, 1.54) is 0 Å². The van der Waals surface area contributed by atoms with Crippen molar-refractivity contribution in [2.45, 2.75) is 130 Å². The minimum Gasteiger partial charge on any atom is -0.564 e. The molecule has 1 aromatic rings. The van der Waals surface area contributed by atoms with E-state index in [-0.39, 0.29) is 10.5 Å². The number of ether oxygens (including phenoxy) is 1. The van der Waals surface area contributed by atoms with E-state index in [1.54, 1.807) is 0 Å². The maximum Gasteiger partial charge on any atom is 0.498 e. The van der Waals surface area contributed by atoms with Gasteiger partial charge >= 0.3 is 7.12 Å². The smallest absolute Gasteiger partial charge is 0.498 e. The summed E-state index contributed by atoms with van der Waals surface area (Å²) >= 11 is 0. The summed E-state index contributed by atoms with van der Waals surface area (Å²) in [6.45, 7) is 33.4. The van der Waals surface area contributed by atoms with E-state index in [2.05, 4.69) is 101 Å². The van der Waals surface area contributed by atoms with Crippen molar-refractivity contribution in [2.24, 2.45) is 5.41 Å². The van der Waals surface area contributed by atoms with Crippen LogP contribution < -0.4 is 5.46 Å². The van der Waals surface area contributed by atoms with Crippen molar-refractivity contribution < 1.29 is 18.5 Å². The highest BCUT2D eigenvalue weighted by Gasteiger charge is 2.53. The second-order valence-electron chi connectivity index (χ2n) is 14.9. The third-order valence-corrected chi connectivity index (χ3v) is 14.1. The molecule has 1 saturated heterocycles. The Labute approximate surface area is 218 Å². The molecule has 35 heavy (non-hydrogen) atoms. The van der Waals surface area contributed by atoms with Crippen LogP contribution in [-0.2, 0) is 31.6 Å². The highest BCUT2D eigenvalue weighted by molar-refractivity contribution is 6.76. The predicted octanol–water partition coefficient (Wildman–Crippen LogP) is 6.09. The first kappa shape index (κ1) is 30.8. The van der Waals surface area contributed by atoms with Crippen LogP contribution in [0.5, 0.6) is 0 Å². The molecule has 1 fully saturated rings. The second kappa shape index (κ2) is 10.4. The van der Waals surface area contributed by atoms with Gasteiger partial charge in [-0.3, -0.25) is 0 Å². The molecule has 1 aromatic heterocycles. The average Bonchev–Trinajstić information content (AvgIpc) is 3.12. The Morgan fingerprint density at radius 3 is 2.00 bits per heavy atom. The molecule has 0 bridgehead atoms. The maximum atomic E-state index is 6.60. The molecule has 1 aliphatic heterocycles. The third kappa shape index (κ3) is 8.27. The van der Waals surface area contributed by atoms with Gasteiger partial charge in [-0.15, -0.1) is 32.3 Å². The molecule has 9 heteroatoms. The minimum atomic E-state index is -1.83. The first-order valence-corrected chi connectivity index (χ1v) is 19.8. The van der Waals surface area contributed by atoms with Gasteiger partial charge in [0.1, 0.15) is 6.73 Å². The molecule has 1 aliphatic rings. The van der Waals surface area contributed by atoms with Crippen LogP contribution in [-0.4, -0.2) is 57.7 Å². The zero-order chi connectivity index (χ0) is 27.1. The molecule has 0 amide bonds. The third-order valence-electron chi connectivity index (χ3n) is 7.87. The Kier molecular flexibility index (Phi) is 9.12. The van der Waals surface area contributed by atoms with Gasteiger partial charge in [0.25, 0.3) is 0 Å². The van der Waals surface area contributed by atoms with Crippen LogP contribution in [0, 0.1) is 5.41 Å². The molecular weight excluding hydrogens is 471 g/mol. The quantitative estimate of drug-likeness (QED) is 0.259. The Morgan fingerprint density at radius 1 is 0.971 bits per heavy atom. The number of aromatic nitrogens is 2. The number of hydrogen-bond donors (Lipinski definition) is 0. The fourth-order valence-corrected chi connectivity index (χ4v) is 5.42. The van der Waals surface area contributed by atoms with Gasteiger partial charge in [0.2, 0.25) is 0 Å². The molecular formula is C26H53BN2O4Si2-2. The molecule has 2 heterocycles. The highest BCUT2D eigenvalue weighted by atomic mass is 28.4. The van der Waals surface area contributed by atoms with Crippen LogP contribution in [0.2, 0.25) is 43.8 Å². The van der Waals surface area contributed by atoms with E-state index in [9.17, 15) is 0 Å². The molecule has 0 radical (unpaired) electrons. The van der Waals surface area contributed by atoms with Crippen LogP contribution in [0.15, 0.2) is 6.20 Å². The lowest BCUT2D eigenvalue weighted by Crippen LogP contribution is -2.44. The van der Waals surface area contributed by atoms with E-state index < -0.39 is 34.7 Å². The predicted molar refractivity (Wildman–Crippen MR) is 153 cm³/mol. The number of nitrogens with zero attached hydrogens (tertiary/aromatic N) is 2. The maximum absolute atomic E-state index is 6.60. The van der Waals surface area contributed by atoms with Gasteiger partial charge in [-0.05, 0) is 47.8 Å². The summed E-state index contributed by atoms with van der Waals surface area (Å²) in [4.78, 5) is 0. The van der Waals surface area contributed by atoms with Crippen molar-refractivity contribution in [1.29, 1.82) is 0 Å². The van der Waals surface area contributed by atoms with Gasteiger partial charge < -0.3 is 18.5 Å². The monoisotopic (exact) mass is 524 g/mol. The Bertz CT molecular complexity index is 839. The lowest BCUT2D eigenvalue weighted by Gasteiger charge is -2.50. The lowest BCUT2D eigenvalue weighted by molar-refractivity contribution is 0.00578. The van der Waals surface area contributed by atoms with Crippen molar-refractivity contribution >= 4 is 29.0 Å². The Balaban J connectivity index is 2.23. The fourth-order valence-electron chi connectivity index (χ4n) is 3.48. The van der Waals surface area contributed by atoms with Crippen LogP contribution in [0.3, 0.4) is 0 Å². The van der Waals surface area contributed by atoms with Crippen LogP contribution in [0.1, 0.15) is 68.0 Å². The van der Waals surface area contributed by atoms with Crippen molar-refractivity contribution in [1.82, 2.24) is 9.78 Å². The van der Waals surface area contributed by atoms with Crippen molar-refractivity contribution in [3.63, 3.8) is 0 Å². The van der Waals surface area contributed by atoms with Crippen molar-refractivity contribution in [2.75, 3.05) is 13.2 Å². The van der Waals surface area contributed by atoms with Gasteiger partial charge in [-0.1, -0.05) is 34.6 Å². The van der Waals surface area contributed by atoms with Crippen molar-refractivity contribution in [3.8, 4) is 0 Å². The molecule has 0 aromatic carbocycles. The van der Waals surface area contributed by atoms with Crippen LogP contribution in [0.25, 0.3) is 0 Å². The molecule has 0 spiro atoms. The van der Waals surface area contributed by atoms with E-state index in [4.69, 9.17) is 23.6 Å². The summed E-state index contributed by atoms with van der Waals surface area (Å²) in [5.41, 5.74) is 1.13. The van der Waals surface area contributed by atoms with E-state index in [0.717, 1.165) is 30.2 Å². The summed E-state index contributed by atoms with van der Waals surface area (Å²) in [6.07, 6.45) is 2.83. The van der Waals surface area contributed by atoms with Gasteiger partial charge in [0.15, 0.2) is 0 Å². The standard InChI is InChI=1S/C26H53BN2O4Si2/c1-23(2,3)35(13,14)31-19-24(4,5)17-22-21(27-32-25(6,7)26(8,9)33-27)18-29(28-22)20-30-15-16-34(10,11)12/h18H,15-17,19-20H2,1-14H3/q-2. The van der Waals surface area contributed by atoms with E-state index in [0.29, 0.717) is 13.3 Å². The summed E-state index contributed by atoms with van der Waals surface area (Å²) < 4.78 is 27.3. The van der Waals surface area contributed by atoms with Crippen molar-refractivity contribution in [3.05, 3.63) is 11.9 Å². The minimum absolute atomic E-state index is 0.0776. The molecule has 2 rings (SSSR count). The van der Waals surface area contributed by atoms with Crippen LogP contribution >= 0.6 is 0 Å².